The first-order valence-electron chi connectivity index (χ1n) is 4.72. The van der Waals surface area contributed by atoms with Crippen LogP contribution in [-0.4, -0.2) is 63.3 Å². The van der Waals surface area contributed by atoms with E-state index in [1.807, 2.05) is 13.8 Å². The summed E-state index contributed by atoms with van der Waals surface area (Å²) < 4.78 is 0. The molecule has 0 spiro atoms. The van der Waals surface area contributed by atoms with Crippen LogP contribution in [-0.2, 0) is 19.4 Å². The molecule has 4 nitrogen and oxygen atoms in total. The zero-order valence-corrected chi connectivity index (χ0v) is 9.25. The molecule has 0 unspecified atom stereocenters. The van der Waals surface area contributed by atoms with Crippen LogP contribution >= 0.6 is 0 Å². The van der Waals surface area contributed by atoms with Crippen molar-refractivity contribution < 1.29 is 19.4 Å². The second kappa shape index (κ2) is 13.6. The molecule has 0 N–H and O–H groups in total. The van der Waals surface area contributed by atoms with Gasteiger partial charge in [0.15, 0.2) is 0 Å². The van der Waals surface area contributed by atoms with Crippen LogP contribution in [0, 0.1) is 0 Å². The van der Waals surface area contributed by atoms with Gasteiger partial charge in [-0.1, -0.05) is 36.5 Å². The van der Waals surface area contributed by atoms with Crippen molar-refractivity contribution in [2.75, 3.05) is 0 Å². The van der Waals surface area contributed by atoms with Crippen LogP contribution in [0.15, 0.2) is 48.6 Å². The fraction of sp³-hybridized carbons (Fsp3) is 0.167. The Morgan fingerprint density at radius 3 is 1.41 bits per heavy atom. The van der Waals surface area contributed by atoms with Gasteiger partial charge < -0.3 is 0 Å². The van der Waals surface area contributed by atoms with Crippen molar-refractivity contribution in [3.05, 3.63) is 48.6 Å². The molecule has 0 atom stereocenters. The molecule has 17 heavy (non-hydrogen) atoms. The zero-order valence-electron chi connectivity index (χ0n) is 9.25. The van der Waals surface area contributed by atoms with E-state index in [4.69, 9.17) is 0 Å². The van der Waals surface area contributed by atoms with Crippen molar-refractivity contribution in [2.45, 2.75) is 13.8 Å². The Balaban J connectivity index is 0. The molecule has 0 heterocycles. The summed E-state index contributed by atoms with van der Waals surface area (Å²) in [5.41, 5.74) is 0. The third-order valence-electron chi connectivity index (χ3n) is 1.28. The van der Waals surface area contributed by atoms with Crippen LogP contribution < -0.4 is 0 Å². The summed E-state index contributed by atoms with van der Waals surface area (Å²) in [6.07, 6.45) is 12.0. The van der Waals surface area contributed by atoms with Gasteiger partial charge in [0.05, 0.1) is 0 Å². The molecular weight excluding hydrogens is 247 g/mol. The van der Waals surface area contributed by atoms with Gasteiger partial charge in [0, 0.05) is 12.2 Å². The summed E-state index contributed by atoms with van der Waals surface area (Å²) in [7, 11) is 0. The first kappa shape index (κ1) is 18.9. The van der Waals surface area contributed by atoms with Gasteiger partial charge in [-0.3, -0.25) is 0 Å². The van der Waals surface area contributed by atoms with Crippen molar-refractivity contribution >= 4 is 63.3 Å². The van der Waals surface area contributed by atoms with E-state index in [9.17, 15) is 9.59 Å². The van der Waals surface area contributed by atoms with Crippen molar-refractivity contribution in [2.24, 2.45) is 0 Å². The van der Waals surface area contributed by atoms with Crippen LogP contribution in [0.4, 0.5) is 0 Å². The topological polar surface area (TPSA) is 52.6 Å². The molecule has 0 saturated carbocycles. The fourth-order valence-electron chi connectivity index (χ4n) is 0.628. The average Bonchev–Trinajstić information content (AvgIpc) is 2.27. The van der Waals surface area contributed by atoms with Gasteiger partial charge >= 0.3 is 63.3 Å². The summed E-state index contributed by atoms with van der Waals surface area (Å²) in [5, 5.41) is 0. The SMILES string of the molecule is C/C=C/C=C/C(=O)OOC(=O)/C=C/C=C/C.[KH]. The Hall–Kier alpha value is -0.464. The molecule has 0 rings (SSSR count). The zero-order chi connectivity index (χ0) is 12.2. The molecule has 88 valence electrons. The standard InChI is InChI=1S/C12H14O4.K.H/c1-3-5-7-9-11(13)15-16-12(14)10-8-6-4-2;;/h3-10H,1-2H3;;/b5-3+,6-4+,9-7+,10-8+;;. The molecule has 5 heteroatoms. The quantitative estimate of drug-likeness (QED) is 0.254. The van der Waals surface area contributed by atoms with Crippen LogP contribution in [0.2, 0.25) is 0 Å². The molecule has 0 aliphatic carbocycles. The Labute approximate surface area is 143 Å². The van der Waals surface area contributed by atoms with Crippen LogP contribution in [0.3, 0.4) is 0 Å². The van der Waals surface area contributed by atoms with E-state index in [-0.39, 0.29) is 51.4 Å². The van der Waals surface area contributed by atoms with Crippen molar-refractivity contribution in [3.8, 4) is 0 Å². The van der Waals surface area contributed by atoms with E-state index in [1.165, 1.54) is 12.2 Å². The van der Waals surface area contributed by atoms with Gasteiger partial charge in [0.1, 0.15) is 0 Å². The van der Waals surface area contributed by atoms with Crippen LogP contribution in [0.25, 0.3) is 0 Å². The minimum atomic E-state index is -0.745. The van der Waals surface area contributed by atoms with E-state index in [1.54, 1.807) is 24.3 Å². The Bertz CT molecular complexity index is 306. The third kappa shape index (κ3) is 13.5. The van der Waals surface area contributed by atoms with Crippen molar-refractivity contribution in [1.29, 1.82) is 0 Å². The summed E-state index contributed by atoms with van der Waals surface area (Å²) in [4.78, 5) is 30.2. The molecule has 0 amide bonds. The predicted octanol–water partition coefficient (Wildman–Crippen LogP) is 1.60. The maximum absolute atomic E-state index is 10.9. The molecule has 0 aromatic carbocycles. The van der Waals surface area contributed by atoms with Gasteiger partial charge in [0.25, 0.3) is 0 Å². The summed E-state index contributed by atoms with van der Waals surface area (Å²) in [5.74, 6) is -1.49. The Morgan fingerprint density at radius 1 is 0.765 bits per heavy atom. The van der Waals surface area contributed by atoms with Gasteiger partial charge in [-0.15, -0.1) is 0 Å². The number of allylic oxidation sites excluding steroid dienone is 6. The number of hydrogen-bond donors (Lipinski definition) is 0. The van der Waals surface area contributed by atoms with Gasteiger partial charge in [-0.05, 0) is 13.8 Å². The normalized spacial score (nSPS) is 11.2. The predicted molar refractivity (Wildman–Crippen MR) is 67.2 cm³/mol. The van der Waals surface area contributed by atoms with E-state index in [0.29, 0.717) is 0 Å². The van der Waals surface area contributed by atoms with Gasteiger partial charge in [0.2, 0.25) is 0 Å². The van der Waals surface area contributed by atoms with Gasteiger partial charge in [-0.2, -0.15) is 0 Å². The van der Waals surface area contributed by atoms with Crippen molar-refractivity contribution in [1.82, 2.24) is 0 Å². The minimum absolute atomic E-state index is 0. The fourth-order valence-corrected chi connectivity index (χ4v) is 0.628. The molecule has 0 aromatic rings. The van der Waals surface area contributed by atoms with Crippen molar-refractivity contribution in [3.63, 3.8) is 0 Å². The van der Waals surface area contributed by atoms with Crippen LogP contribution in [0.5, 0.6) is 0 Å². The molecule has 0 aliphatic rings. The summed E-state index contributed by atoms with van der Waals surface area (Å²) >= 11 is 0. The number of rotatable bonds is 4. The molecule has 0 fully saturated rings. The van der Waals surface area contributed by atoms with E-state index < -0.39 is 11.9 Å². The van der Waals surface area contributed by atoms with Crippen LogP contribution in [0.1, 0.15) is 13.8 Å². The molecule has 0 aromatic heterocycles. The molecule has 0 radical (unpaired) electrons. The first-order valence-corrected chi connectivity index (χ1v) is 4.72. The Kier molecular flexibility index (Phi) is 15.1. The maximum atomic E-state index is 10.9. The number of carbonyl (C=O) groups is 2. The molecule has 0 bridgehead atoms. The Morgan fingerprint density at radius 2 is 1.12 bits per heavy atom. The second-order valence-corrected chi connectivity index (χ2v) is 2.57. The first-order chi connectivity index (χ1) is 7.70. The molecule has 0 aliphatic heterocycles. The summed E-state index contributed by atoms with van der Waals surface area (Å²) in [6, 6.07) is 0. The molecule has 0 saturated heterocycles. The van der Waals surface area contributed by atoms with Gasteiger partial charge in [-0.25, -0.2) is 19.4 Å². The second-order valence-electron chi connectivity index (χ2n) is 2.57. The van der Waals surface area contributed by atoms with E-state index >= 15 is 0 Å². The number of carbonyl (C=O) groups excluding carboxylic acids is 2. The van der Waals surface area contributed by atoms with E-state index in [0.717, 1.165) is 12.2 Å². The third-order valence-corrected chi connectivity index (χ3v) is 1.28. The molecular formula is C12H15KO4. The van der Waals surface area contributed by atoms with E-state index in [2.05, 4.69) is 9.78 Å². The average molecular weight is 262 g/mol. The monoisotopic (exact) mass is 262 g/mol. The summed E-state index contributed by atoms with van der Waals surface area (Å²) in [6.45, 7) is 3.61. The number of hydrogen-bond acceptors (Lipinski definition) is 4.